The van der Waals surface area contributed by atoms with Gasteiger partial charge in [0.05, 0.1) is 23.2 Å². The summed E-state index contributed by atoms with van der Waals surface area (Å²) in [5.74, 6) is 0.918. The van der Waals surface area contributed by atoms with Gasteiger partial charge in [-0.15, -0.1) is 0 Å². The lowest BCUT2D eigenvalue weighted by atomic mass is 10.2. The number of hydrogen-bond acceptors (Lipinski definition) is 4. The number of benzene rings is 1. The van der Waals surface area contributed by atoms with E-state index in [4.69, 9.17) is 9.15 Å². The maximum absolute atomic E-state index is 11.8. The average Bonchev–Trinajstić information content (AvgIpc) is 2.92. The minimum atomic E-state index is -0.308. The van der Waals surface area contributed by atoms with E-state index in [1.165, 1.54) is 12.5 Å². The Bertz CT molecular complexity index is 594. The number of hydrogen-bond donors (Lipinski definition) is 1. The van der Waals surface area contributed by atoms with Gasteiger partial charge in [0.1, 0.15) is 11.5 Å². The zero-order chi connectivity index (χ0) is 13.7. The van der Waals surface area contributed by atoms with Crippen molar-refractivity contribution >= 4 is 34.7 Å². The van der Waals surface area contributed by atoms with Crippen molar-refractivity contribution in [2.45, 2.75) is 0 Å². The molecule has 0 aliphatic rings. The summed E-state index contributed by atoms with van der Waals surface area (Å²) >= 11 is 2.14. The quantitative estimate of drug-likeness (QED) is 0.511. The molecular weight excluding hydrogens is 359 g/mol. The number of nitrogens with one attached hydrogen (secondary N) is 1. The minimum Gasteiger partial charge on any atom is -0.496 e. The predicted molar refractivity (Wildman–Crippen MR) is 79.5 cm³/mol. The molecule has 0 fully saturated rings. The van der Waals surface area contributed by atoms with Crippen molar-refractivity contribution in [1.82, 2.24) is 5.43 Å². The van der Waals surface area contributed by atoms with E-state index in [0.29, 0.717) is 17.1 Å². The third-order valence-electron chi connectivity index (χ3n) is 2.31. The maximum atomic E-state index is 11.8. The second-order valence-electron chi connectivity index (χ2n) is 3.56. The Morgan fingerprint density at radius 2 is 2.32 bits per heavy atom. The molecule has 2 aromatic rings. The minimum absolute atomic E-state index is 0.308. The van der Waals surface area contributed by atoms with Gasteiger partial charge in [-0.25, -0.2) is 5.43 Å². The molecule has 1 amide bonds. The van der Waals surface area contributed by atoms with Gasteiger partial charge in [0.2, 0.25) is 0 Å². The van der Waals surface area contributed by atoms with Gasteiger partial charge < -0.3 is 9.15 Å². The molecule has 0 unspecified atom stereocenters. The van der Waals surface area contributed by atoms with E-state index in [1.807, 2.05) is 6.07 Å². The number of methoxy groups -OCH3 is 1. The highest BCUT2D eigenvalue weighted by Gasteiger charge is 2.08. The van der Waals surface area contributed by atoms with Gasteiger partial charge in [-0.3, -0.25) is 4.79 Å². The van der Waals surface area contributed by atoms with Crippen LogP contribution in [0.3, 0.4) is 0 Å². The average molecular weight is 370 g/mol. The van der Waals surface area contributed by atoms with E-state index in [0.717, 1.165) is 3.57 Å². The maximum Gasteiger partial charge on any atom is 0.271 e. The molecule has 0 aliphatic heterocycles. The fourth-order valence-electron chi connectivity index (χ4n) is 1.38. The van der Waals surface area contributed by atoms with Crippen molar-refractivity contribution < 1.29 is 13.9 Å². The summed E-state index contributed by atoms with van der Waals surface area (Å²) in [6, 6.07) is 8.67. The molecule has 0 atom stereocenters. The Hall–Kier alpha value is -1.83. The Morgan fingerprint density at radius 1 is 1.47 bits per heavy atom. The molecule has 19 heavy (non-hydrogen) atoms. The van der Waals surface area contributed by atoms with Crippen LogP contribution in [0.25, 0.3) is 0 Å². The standard InChI is InChI=1S/C13H11IN2O3/c1-18-12-7-9(4-5-11(12)14)13(17)16-15-8-10-3-2-6-19-10/h2-8H,1H3,(H,16,17)/b15-8-. The summed E-state index contributed by atoms with van der Waals surface area (Å²) in [7, 11) is 1.56. The van der Waals surface area contributed by atoms with Crippen LogP contribution >= 0.6 is 22.6 Å². The number of carbonyl (C=O) groups is 1. The van der Waals surface area contributed by atoms with Crippen LogP contribution in [0.4, 0.5) is 0 Å². The van der Waals surface area contributed by atoms with Gasteiger partial charge in [-0.1, -0.05) is 0 Å². The first-order valence-corrected chi connectivity index (χ1v) is 6.49. The Labute approximate surface area is 123 Å². The second kappa shape index (κ2) is 6.37. The monoisotopic (exact) mass is 370 g/mol. The molecule has 0 saturated heterocycles. The lowest BCUT2D eigenvalue weighted by Crippen LogP contribution is -2.17. The normalized spacial score (nSPS) is 10.6. The highest BCUT2D eigenvalue weighted by atomic mass is 127. The van der Waals surface area contributed by atoms with Crippen LogP contribution in [0, 0.1) is 3.57 Å². The first kappa shape index (κ1) is 13.6. The summed E-state index contributed by atoms with van der Waals surface area (Å²) in [6.07, 6.45) is 2.97. The molecule has 98 valence electrons. The van der Waals surface area contributed by atoms with Gasteiger partial charge in [-0.2, -0.15) is 5.10 Å². The lowest BCUT2D eigenvalue weighted by Gasteiger charge is -2.05. The number of carbonyl (C=O) groups excluding carboxylic acids is 1. The Balaban J connectivity index is 2.04. The lowest BCUT2D eigenvalue weighted by molar-refractivity contribution is 0.0954. The molecule has 1 aromatic heterocycles. The summed E-state index contributed by atoms with van der Waals surface area (Å²) in [5.41, 5.74) is 2.90. The molecule has 0 bridgehead atoms. The summed E-state index contributed by atoms with van der Waals surface area (Å²) in [5, 5.41) is 3.81. The van der Waals surface area contributed by atoms with Gasteiger partial charge >= 0.3 is 0 Å². The fraction of sp³-hybridized carbons (Fsp3) is 0.0769. The zero-order valence-corrected chi connectivity index (χ0v) is 12.2. The van der Waals surface area contributed by atoms with Crippen LogP contribution in [0.15, 0.2) is 46.1 Å². The highest BCUT2D eigenvalue weighted by Crippen LogP contribution is 2.21. The van der Waals surface area contributed by atoms with Crippen LogP contribution in [0.2, 0.25) is 0 Å². The zero-order valence-electron chi connectivity index (χ0n) is 10.1. The van der Waals surface area contributed by atoms with E-state index in [9.17, 15) is 4.79 Å². The molecule has 1 aromatic carbocycles. The molecule has 0 aliphatic carbocycles. The van der Waals surface area contributed by atoms with Crippen LogP contribution in [0.5, 0.6) is 5.75 Å². The van der Waals surface area contributed by atoms with Crippen molar-refractivity contribution in [1.29, 1.82) is 0 Å². The van der Waals surface area contributed by atoms with Crippen molar-refractivity contribution in [2.24, 2.45) is 5.10 Å². The molecule has 6 heteroatoms. The topological polar surface area (TPSA) is 63.8 Å². The smallest absolute Gasteiger partial charge is 0.271 e. The van der Waals surface area contributed by atoms with Gasteiger partial charge in [0.15, 0.2) is 0 Å². The predicted octanol–water partition coefficient (Wildman–Crippen LogP) is 2.66. The number of halogens is 1. The molecule has 1 N–H and O–H groups in total. The van der Waals surface area contributed by atoms with E-state index in [-0.39, 0.29) is 5.91 Å². The van der Waals surface area contributed by atoms with Crippen LogP contribution < -0.4 is 10.2 Å². The number of ether oxygens (including phenoxy) is 1. The van der Waals surface area contributed by atoms with Crippen LogP contribution in [-0.2, 0) is 0 Å². The molecule has 2 rings (SSSR count). The third kappa shape index (κ3) is 3.57. The Kier molecular flexibility index (Phi) is 4.56. The fourth-order valence-corrected chi connectivity index (χ4v) is 1.94. The van der Waals surface area contributed by atoms with E-state index in [1.54, 1.807) is 31.4 Å². The van der Waals surface area contributed by atoms with Gasteiger partial charge in [0, 0.05) is 5.56 Å². The first-order chi connectivity index (χ1) is 9.20. The van der Waals surface area contributed by atoms with Crippen LogP contribution in [-0.4, -0.2) is 19.2 Å². The number of hydrazone groups is 1. The van der Waals surface area contributed by atoms with Crippen LogP contribution in [0.1, 0.15) is 16.1 Å². The molecule has 1 heterocycles. The number of furan rings is 1. The first-order valence-electron chi connectivity index (χ1n) is 5.41. The molecule has 0 radical (unpaired) electrons. The Morgan fingerprint density at radius 3 is 3.00 bits per heavy atom. The highest BCUT2D eigenvalue weighted by molar-refractivity contribution is 14.1. The molecule has 5 nitrogen and oxygen atoms in total. The summed E-state index contributed by atoms with van der Waals surface area (Å²) in [4.78, 5) is 11.8. The van der Waals surface area contributed by atoms with Gasteiger partial charge in [0.25, 0.3) is 5.91 Å². The van der Waals surface area contributed by atoms with E-state index < -0.39 is 0 Å². The van der Waals surface area contributed by atoms with Gasteiger partial charge in [-0.05, 0) is 52.9 Å². The largest absolute Gasteiger partial charge is 0.496 e. The number of amides is 1. The van der Waals surface area contributed by atoms with Crippen molar-refractivity contribution in [2.75, 3.05) is 7.11 Å². The van der Waals surface area contributed by atoms with Crippen molar-refractivity contribution in [3.8, 4) is 5.75 Å². The molecule has 0 saturated carbocycles. The number of rotatable bonds is 4. The summed E-state index contributed by atoms with van der Waals surface area (Å²) in [6.45, 7) is 0. The summed E-state index contributed by atoms with van der Waals surface area (Å²) < 4.78 is 11.2. The van der Waals surface area contributed by atoms with Crippen molar-refractivity contribution in [3.63, 3.8) is 0 Å². The van der Waals surface area contributed by atoms with E-state index in [2.05, 4.69) is 33.1 Å². The third-order valence-corrected chi connectivity index (χ3v) is 3.21. The molecular formula is C13H11IN2O3. The van der Waals surface area contributed by atoms with Crippen molar-refractivity contribution in [3.05, 3.63) is 51.5 Å². The SMILES string of the molecule is COc1cc(C(=O)N/N=C\c2ccco2)ccc1I. The molecule has 0 spiro atoms. The second-order valence-corrected chi connectivity index (χ2v) is 4.73. The number of nitrogens with zero attached hydrogens (tertiary/aromatic N) is 1. The van der Waals surface area contributed by atoms with E-state index >= 15 is 0 Å².